The average molecular weight is 137 g/mol. The van der Waals surface area contributed by atoms with Crippen LogP contribution in [0.1, 0.15) is 17.3 Å². The molecule has 0 radical (unpaired) electrons. The lowest BCUT2D eigenvalue weighted by Crippen LogP contribution is -1.95. The highest BCUT2D eigenvalue weighted by Crippen LogP contribution is 2.07. The second-order valence-corrected chi connectivity index (χ2v) is 1.84. The van der Waals surface area contributed by atoms with Crippen LogP contribution in [0.25, 0.3) is 0 Å². The van der Waals surface area contributed by atoms with Crippen LogP contribution in [-0.4, -0.2) is 4.98 Å². The van der Waals surface area contributed by atoms with E-state index in [0.29, 0.717) is 18.0 Å². The molecule has 0 bridgehead atoms. The second kappa shape index (κ2) is 2.50. The number of hydrogen-bond donors (Lipinski definition) is 1. The highest BCUT2D eigenvalue weighted by Gasteiger charge is 2.05. The minimum absolute atomic E-state index is 0.0814. The number of nitriles is 1. The van der Waals surface area contributed by atoms with E-state index in [0.717, 1.165) is 0 Å². The van der Waals surface area contributed by atoms with Gasteiger partial charge in [-0.05, 0) is 6.92 Å². The number of aromatic nitrogens is 1. The van der Waals surface area contributed by atoms with E-state index in [4.69, 9.17) is 15.4 Å². The summed E-state index contributed by atoms with van der Waals surface area (Å²) in [5.41, 5.74) is 5.97. The highest BCUT2D eigenvalue weighted by atomic mass is 16.4. The highest BCUT2D eigenvalue weighted by molar-refractivity contribution is 5.14. The van der Waals surface area contributed by atoms with E-state index in [1.807, 2.05) is 0 Å². The lowest BCUT2D eigenvalue weighted by atomic mass is 10.4. The fourth-order valence-electron chi connectivity index (χ4n) is 0.665. The molecule has 0 aromatic carbocycles. The first kappa shape index (κ1) is 6.78. The summed E-state index contributed by atoms with van der Waals surface area (Å²) in [5, 5.41) is 8.32. The third-order valence-corrected chi connectivity index (χ3v) is 1.17. The van der Waals surface area contributed by atoms with Gasteiger partial charge in [-0.2, -0.15) is 5.26 Å². The first-order chi connectivity index (χ1) is 4.77. The molecule has 1 heterocycles. The predicted octanol–water partition coefficient (Wildman–Crippen LogP) is 0.313. The van der Waals surface area contributed by atoms with Crippen molar-refractivity contribution in [3.63, 3.8) is 0 Å². The Balaban J connectivity index is 3.07. The van der Waals surface area contributed by atoms with Crippen LogP contribution in [0, 0.1) is 18.3 Å². The molecule has 0 aliphatic rings. The molecule has 0 fully saturated rings. The number of oxazole rings is 1. The van der Waals surface area contributed by atoms with Gasteiger partial charge in [0.05, 0.1) is 12.2 Å². The average Bonchev–Trinajstić information content (AvgIpc) is 2.30. The van der Waals surface area contributed by atoms with Crippen LogP contribution in [0.2, 0.25) is 0 Å². The summed E-state index contributed by atoms with van der Waals surface area (Å²) < 4.78 is 4.92. The Labute approximate surface area is 58.3 Å². The molecule has 0 spiro atoms. The van der Waals surface area contributed by atoms with Crippen LogP contribution in [0.15, 0.2) is 4.42 Å². The number of nitrogens with two attached hydrogens (primary N) is 1. The maximum absolute atomic E-state index is 8.32. The number of rotatable bonds is 1. The minimum Gasteiger partial charge on any atom is -0.432 e. The normalized spacial score (nSPS) is 9.30. The summed E-state index contributed by atoms with van der Waals surface area (Å²) in [6.45, 7) is 2.05. The van der Waals surface area contributed by atoms with Gasteiger partial charge in [-0.15, -0.1) is 0 Å². The minimum atomic E-state index is 0.0814. The molecular formula is C6H7N3O. The Hall–Kier alpha value is -1.34. The van der Waals surface area contributed by atoms with E-state index >= 15 is 0 Å². The molecule has 0 aliphatic carbocycles. The lowest BCUT2D eigenvalue weighted by molar-refractivity contribution is 0.492. The smallest absolute Gasteiger partial charge is 0.300 e. The van der Waals surface area contributed by atoms with Gasteiger partial charge in [-0.3, -0.25) is 0 Å². The van der Waals surface area contributed by atoms with Gasteiger partial charge in [0.1, 0.15) is 5.76 Å². The number of nitrogens with zero attached hydrogens (tertiary/aromatic N) is 2. The van der Waals surface area contributed by atoms with E-state index in [1.165, 1.54) is 0 Å². The quantitative estimate of drug-likeness (QED) is 0.604. The van der Waals surface area contributed by atoms with Crippen molar-refractivity contribution in [3.8, 4) is 6.07 Å². The summed E-state index contributed by atoms with van der Waals surface area (Å²) in [6.07, 6.45) is 0. The van der Waals surface area contributed by atoms with Gasteiger partial charge in [0, 0.05) is 0 Å². The van der Waals surface area contributed by atoms with Gasteiger partial charge in [0.2, 0.25) is 0 Å². The third kappa shape index (κ3) is 0.993. The predicted molar refractivity (Wildman–Crippen MR) is 33.8 cm³/mol. The Morgan fingerprint density at radius 1 is 1.80 bits per heavy atom. The standard InChI is InChI=1S/C6H7N3O/c1-4-5(2-7)10-6(3-8)9-4/h2,7H2,1H3. The van der Waals surface area contributed by atoms with Crippen molar-refractivity contribution < 1.29 is 4.42 Å². The molecular weight excluding hydrogens is 130 g/mol. The van der Waals surface area contributed by atoms with Crippen molar-refractivity contribution in [2.24, 2.45) is 5.73 Å². The summed E-state index contributed by atoms with van der Waals surface area (Å²) in [4.78, 5) is 3.79. The molecule has 0 saturated carbocycles. The molecule has 2 N–H and O–H groups in total. The van der Waals surface area contributed by atoms with Crippen molar-refractivity contribution in [3.05, 3.63) is 17.3 Å². The van der Waals surface area contributed by atoms with Crippen LogP contribution in [-0.2, 0) is 6.54 Å². The van der Waals surface area contributed by atoms with Crippen molar-refractivity contribution in [2.45, 2.75) is 13.5 Å². The first-order valence-corrected chi connectivity index (χ1v) is 2.84. The molecule has 1 rings (SSSR count). The fourth-order valence-corrected chi connectivity index (χ4v) is 0.665. The zero-order valence-corrected chi connectivity index (χ0v) is 5.59. The summed E-state index contributed by atoms with van der Waals surface area (Å²) in [5.74, 6) is 0.662. The Morgan fingerprint density at radius 2 is 2.50 bits per heavy atom. The molecule has 0 atom stereocenters. The van der Waals surface area contributed by atoms with Gasteiger partial charge < -0.3 is 10.2 Å². The third-order valence-electron chi connectivity index (χ3n) is 1.17. The van der Waals surface area contributed by atoms with E-state index < -0.39 is 0 Å². The molecule has 52 valence electrons. The molecule has 4 heteroatoms. The fraction of sp³-hybridized carbons (Fsp3) is 0.333. The van der Waals surface area contributed by atoms with Crippen molar-refractivity contribution >= 4 is 0 Å². The van der Waals surface area contributed by atoms with Gasteiger partial charge in [0.15, 0.2) is 6.07 Å². The van der Waals surface area contributed by atoms with E-state index in [1.54, 1.807) is 13.0 Å². The Bertz CT molecular complexity index is 271. The van der Waals surface area contributed by atoms with Crippen molar-refractivity contribution in [2.75, 3.05) is 0 Å². The van der Waals surface area contributed by atoms with Crippen LogP contribution < -0.4 is 5.73 Å². The van der Waals surface area contributed by atoms with Gasteiger partial charge in [-0.1, -0.05) is 0 Å². The summed E-state index contributed by atoms with van der Waals surface area (Å²) in [7, 11) is 0. The topological polar surface area (TPSA) is 75.8 Å². The van der Waals surface area contributed by atoms with E-state index in [-0.39, 0.29) is 5.89 Å². The van der Waals surface area contributed by atoms with E-state index in [9.17, 15) is 0 Å². The van der Waals surface area contributed by atoms with Crippen molar-refractivity contribution in [1.29, 1.82) is 5.26 Å². The molecule has 0 aliphatic heterocycles. The zero-order valence-electron chi connectivity index (χ0n) is 5.59. The molecule has 10 heavy (non-hydrogen) atoms. The van der Waals surface area contributed by atoms with Gasteiger partial charge >= 0.3 is 5.89 Å². The maximum Gasteiger partial charge on any atom is 0.300 e. The van der Waals surface area contributed by atoms with E-state index in [2.05, 4.69) is 4.98 Å². The molecule has 0 saturated heterocycles. The second-order valence-electron chi connectivity index (χ2n) is 1.84. The summed E-state index contributed by atoms with van der Waals surface area (Å²) in [6, 6.07) is 1.79. The van der Waals surface area contributed by atoms with Crippen LogP contribution in [0.3, 0.4) is 0 Å². The van der Waals surface area contributed by atoms with Crippen molar-refractivity contribution in [1.82, 2.24) is 4.98 Å². The Kier molecular flexibility index (Phi) is 1.69. The molecule has 1 aromatic heterocycles. The molecule has 0 amide bonds. The SMILES string of the molecule is Cc1nc(C#N)oc1CN. The first-order valence-electron chi connectivity index (χ1n) is 2.84. The largest absolute Gasteiger partial charge is 0.432 e. The molecule has 1 aromatic rings. The number of hydrogen-bond acceptors (Lipinski definition) is 4. The van der Waals surface area contributed by atoms with Crippen LogP contribution in [0.5, 0.6) is 0 Å². The maximum atomic E-state index is 8.32. The molecule has 4 nitrogen and oxygen atoms in total. The van der Waals surface area contributed by atoms with Gasteiger partial charge in [-0.25, -0.2) is 4.98 Å². The zero-order chi connectivity index (χ0) is 7.56. The Morgan fingerprint density at radius 3 is 2.80 bits per heavy atom. The summed E-state index contributed by atoms with van der Waals surface area (Å²) >= 11 is 0. The van der Waals surface area contributed by atoms with Crippen LogP contribution >= 0.6 is 0 Å². The number of aryl methyl sites for hydroxylation is 1. The monoisotopic (exact) mass is 137 g/mol. The molecule has 0 unspecified atom stereocenters. The van der Waals surface area contributed by atoms with Crippen LogP contribution in [0.4, 0.5) is 0 Å². The lowest BCUT2D eigenvalue weighted by Gasteiger charge is -1.85. The van der Waals surface area contributed by atoms with Gasteiger partial charge in [0.25, 0.3) is 0 Å².